The first-order valence-electron chi connectivity index (χ1n) is 5.98. The fourth-order valence-corrected chi connectivity index (χ4v) is 2.32. The monoisotopic (exact) mass is 424 g/mol. The maximum absolute atomic E-state index is 11.8. The summed E-state index contributed by atoms with van der Waals surface area (Å²) in [6.07, 6.45) is 2.40. The van der Waals surface area contributed by atoms with Crippen LogP contribution in [0, 0.1) is 9.49 Å². The second kappa shape index (κ2) is 8.12. The lowest BCUT2D eigenvalue weighted by Crippen LogP contribution is -2.14. The normalized spacial score (nSPS) is 12.2. The second-order valence-electron chi connectivity index (χ2n) is 4.40. The third-order valence-corrected chi connectivity index (χ3v) is 5.07. The van der Waals surface area contributed by atoms with Gasteiger partial charge in [0.15, 0.2) is 0 Å². The van der Waals surface area contributed by atoms with Gasteiger partial charge in [0.25, 0.3) is 0 Å². The summed E-state index contributed by atoms with van der Waals surface area (Å²) < 4.78 is 2.12. The molecule has 0 saturated heterocycles. The van der Waals surface area contributed by atoms with Gasteiger partial charge in [-0.1, -0.05) is 6.92 Å². The molecule has 5 heteroatoms. The fourth-order valence-electron chi connectivity index (χ4n) is 1.60. The molecule has 1 aromatic rings. The van der Waals surface area contributed by atoms with Gasteiger partial charge in [-0.3, -0.25) is 4.79 Å². The molecule has 0 aliphatic carbocycles. The molecular formula is C13H18BrIN2O. The van der Waals surface area contributed by atoms with Crippen LogP contribution in [0.3, 0.4) is 0 Å². The van der Waals surface area contributed by atoms with Gasteiger partial charge in [0.2, 0.25) is 5.91 Å². The largest absolute Gasteiger partial charge is 0.330 e. The van der Waals surface area contributed by atoms with Crippen LogP contribution in [0.15, 0.2) is 22.7 Å². The standard InChI is InChI=1S/C13H18BrIN2O/c1-9(6-7-16)2-5-13(18)17-10-3-4-12(15)11(14)8-10/h3-4,8-9H,2,5-7,16H2,1H3,(H,17,18). The number of halogens is 2. The highest BCUT2D eigenvalue weighted by atomic mass is 127. The van der Waals surface area contributed by atoms with Crippen LogP contribution in [0.5, 0.6) is 0 Å². The van der Waals surface area contributed by atoms with E-state index in [-0.39, 0.29) is 5.91 Å². The Morgan fingerprint density at radius 1 is 1.50 bits per heavy atom. The van der Waals surface area contributed by atoms with Gasteiger partial charge in [-0.05, 0) is 82.0 Å². The van der Waals surface area contributed by atoms with E-state index >= 15 is 0 Å². The number of rotatable bonds is 6. The molecule has 0 saturated carbocycles. The summed E-state index contributed by atoms with van der Waals surface area (Å²) in [5.74, 6) is 0.566. The first-order chi connectivity index (χ1) is 8.52. The van der Waals surface area contributed by atoms with Crippen LogP contribution in [0.25, 0.3) is 0 Å². The second-order valence-corrected chi connectivity index (χ2v) is 6.41. The molecule has 0 aromatic heterocycles. The minimum atomic E-state index is 0.0620. The van der Waals surface area contributed by atoms with E-state index in [1.165, 1.54) is 0 Å². The Balaban J connectivity index is 2.42. The Bertz CT molecular complexity index is 412. The molecule has 3 N–H and O–H groups in total. The highest BCUT2D eigenvalue weighted by molar-refractivity contribution is 14.1. The fraction of sp³-hybridized carbons (Fsp3) is 0.462. The average Bonchev–Trinajstić information content (AvgIpc) is 2.32. The molecule has 1 rings (SSSR count). The van der Waals surface area contributed by atoms with Gasteiger partial charge in [0.1, 0.15) is 0 Å². The number of hydrogen-bond acceptors (Lipinski definition) is 2. The Morgan fingerprint density at radius 3 is 2.83 bits per heavy atom. The molecule has 0 radical (unpaired) electrons. The maximum Gasteiger partial charge on any atom is 0.224 e. The molecule has 0 heterocycles. The molecular weight excluding hydrogens is 407 g/mol. The number of nitrogens with two attached hydrogens (primary N) is 1. The summed E-state index contributed by atoms with van der Waals surface area (Å²) in [5, 5.41) is 2.90. The van der Waals surface area contributed by atoms with Crippen molar-refractivity contribution in [1.29, 1.82) is 0 Å². The lowest BCUT2D eigenvalue weighted by atomic mass is 10.0. The number of amides is 1. The van der Waals surface area contributed by atoms with Crippen LogP contribution in [0.2, 0.25) is 0 Å². The quantitative estimate of drug-likeness (QED) is 0.683. The highest BCUT2D eigenvalue weighted by Gasteiger charge is 2.07. The predicted octanol–water partition coefficient (Wildman–Crippen LogP) is 3.76. The van der Waals surface area contributed by atoms with E-state index in [2.05, 4.69) is 50.8 Å². The number of anilines is 1. The molecule has 0 bridgehead atoms. The smallest absolute Gasteiger partial charge is 0.224 e. The lowest BCUT2D eigenvalue weighted by molar-refractivity contribution is -0.116. The number of carbonyl (C=O) groups is 1. The Hall–Kier alpha value is -0.140. The van der Waals surface area contributed by atoms with Gasteiger partial charge in [-0.25, -0.2) is 0 Å². The van der Waals surface area contributed by atoms with Gasteiger partial charge < -0.3 is 11.1 Å². The van der Waals surface area contributed by atoms with E-state index < -0.39 is 0 Å². The van der Waals surface area contributed by atoms with Crippen LogP contribution in [0.4, 0.5) is 5.69 Å². The number of nitrogens with one attached hydrogen (secondary N) is 1. The summed E-state index contributed by atoms with van der Waals surface area (Å²) in [6.45, 7) is 2.81. The van der Waals surface area contributed by atoms with Crippen LogP contribution in [-0.4, -0.2) is 12.5 Å². The minimum Gasteiger partial charge on any atom is -0.330 e. The van der Waals surface area contributed by atoms with Crippen molar-refractivity contribution in [3.8, 4) is 0 Å². The predicted molar refractivity (Wildman–Crippen MR) is 87.6 cm³/mol. The molecule has 100 valence electrons. The first kappa shape index (κ1) is 15.9. The third-order valence-electron chi connectivity index (χ3n) is 2.73. The summed E-state index contributed by atoms with van der Waals surface area (Å²) in [4.78, 5) is 11.8. The molecule has 1 unspecified atom stereocenters. The molecule has 18 heavy (non-hydrogen) atoms. The summed E-state index contributed by atoms with van der Waals surface area (Å²) in [6, 6.07) is 5.80. The van der Waals surface area contributed by atoms with E-state index in [9.17, 15) is 4.79 Å². The van der Waals surface area contributed by atoms with Gasteiger partial charge >= 0.3 is 0 Å². The molecule has 0 aliphatic heterocycles. The van der Waals surface area contributed by atoms with Crippen molar-refractivity contribution in [3.05, 3.63) is 26.2 Å². The SMILES string of the molecule is CC(CCN)CCC(=O)Nc1ccc(I)c(Br)c1. The molecule has 0 aliphatic rings. The minimum absolute atomic E-state index is 0.0620. The van der Waals surface area contributed by atoms with Crippen molar-refractivity contribution in [2.24, 2.45) is 11.7 Å². The molecule has 3 nitrogen and oxygen atoms in total. The topological polar surface area (TPSA) is 55.1 Å². The van der Waals surface area contributed by atoms with E-state index in [0.29, 0.717) is 18.9 Å². The average molecular weight is 425 g/mol. The van der Waals surface area contributed by atoms with Crippen LogP contribution >= 0.6 is 38.5 Å². The van der Waals surface area contributed by atoms with E-state index in [1.54, 1.807) is 0 Å². The Kier molecular flexibility index (Phi) is 7.18. The zero-order valence-electron chi connectivity index (χ0n) is 10.4. The zero-order valence-corrected chi connectivity index (χ0v) is 14.1. The Labute approximate surface area is 130 Å². The van der Waals surface area contributed by atoms with Crippen molar-refractivity contribution in [3.63, 3.8) is 0 Å². The van der Waals surface area contributed by atoms with Crippen molar-refractivity contribution in [2.45, 2.75) is 26.2 Å². The van der Waals surface area contributed by atoms with Crippen molar-refractivity contribution >= 4 is 50.1 Å². The van der Waals surface area contributed by atoms with Crippen LogP contribution in [-0.2, 0) is 4.79 Å². The van der Waals surface area contributed by atoms with Gasteiger partial charge in [-0.2, -0.15) is 0 Å². The van der Waals surface area contributed by atoms with Gasteiger partial charge in [-0.15, -0.1) is 0 Å². The Morgan fingerprint density at radius 2 is 2.22 bits per heavy atom. The molecule has 1 amide bonds. The van der Waals surface area contributed by atoms with E-state index in [1.807, 2.05) is 18.2 Å². The lowest BCUT2D eigenvalue weighted by Gasteiger charge is -2.10. The number of hydrogen-bond donors (Lipinski definition) is 2. The van der Waals surface area contributed by atoms with Gasteiger partial charge in [0, 0.05) is 20.2 Å². The van der Waals surface area contributed by atoms with Crippen molar-refractivity contribution in [2.75, 3.05) is 11.9 Å². The maximum atomic E-state index is 11.8. The highest BCUT2D eigenvalue weighted by Crippen LogP contribution is 2.23. The van der Waals surface area contributed by atoms with Crippen molar-refractivity contribution < 1.29 is 4.79 Å². The number of benzene rings is 1. The summed E-state index contributed by atoms with van der Waals surface area (Å²) in [7, 11) is 0. The van der Waals surface area contributed by atoms with Crippen LogP contribution < -0.4 is 11.1 Å². The summed E-state index contributed by atoms with van der Waals surface area (Å²) in [5.41, 5.74) is 6.32. The van der Waals surface area contributed by atoms with Crippen LogP contribution in [0.1, 0.15) is 26.2 Å². The van der Waals surface area contributed by atoms with E-state index in [0.717, 1.165) is 26.6 Å². The zero-order chi connectivity index (χ0) is 13.5. The van der Waals surface area contributed by atoms with Crippen molar-refractivity contribution in [1.82, 2.24) is 0 Å². The van der Waals surface area contributed by atoms with E-state index in [4.69, 9.17) is 5.73 Å². The molecule has 0 fully saturated rings. The summed E-state index contributed by atoms with van der Waals surface area (Å²) >= 11 is 5.68. The molecule has 1 aromatic carbocycles. The van der Waals surface area contributed by atoms with Gasteiger partial charge in [0.05, 0.1) is 0 Å². The first-order valence-corrected chi connectivity index (χ1v) is 7.85. The number of carbonyl (C=O) groups excluding carboxylic acids is 1. The molecule has 0 spiro atoms. The molecule has 1 atom stereocenters. The third kappa shape index (κ3) is 5.67.